The van der Waals surface area contributed by atoms with Crippen LogP contribution in [-0.4, -0.2) is 61.3 Å². The van der Waals surface area contributed by atoms with E-state index in [-0.39, 0.29) is 16.8 Å². The van der Waals surface area contributed by atoms with Crippen LogP contribution in [-0.2, 0) is 27.4 Å². The molecule has 0 radical (unpaired) electrons. The third kappa shape index (κ3) is 8.11. The van der Waals surface area contributed by atoms with Crippen molar-refractivity contribution in [1.29, 1.82) is 0 Å². The molecule has 0 spiro atoms. The summed E-state index contributed by atoms with van der Waals surface area (Å²) in [6, 6.07) is 12.6. The van der Waals surface area contributed by atoms with Crippen LogP contribution < -0.4 is 5.32 Å². The zero-order valence-electron chi connectivity index (χ0n) is 23.9. The predicted octanol–water partition coefficient (Wildman–Crippen LogP) is 5.88. The second-order valence-corrected chi connectivity index (χ2v) is 13.5. The van der Waals surface area contributed by atoms with Gasteiger partial charge in [0.15, 0.2) is 0 Å². The SMILES string of the molecule is CC(C)N(C1CCN(C(=O)C(Cc2ccccc2)NCC2CCCCC2)CC1)S(=O)(=O)c1cccc(C(F)(F)F)c1. The highest BCUT2D eigenvalue weighted by Crippen LogP contribution is 2.33. The fraction of sp³-hybridized carbons (Fsp3) is 0.581. The zero-order valence-corrected chi connectivity index (χ0v) is 24.8. The van der Waals surface area contributed by atoms with Gasteiger partial charge < -0.3 is 10.2 Å². The maximum Gasteiger partial charge on any atom is 0.416 e. The topological polar surface area (TPSA) is 69.7 Å². The van der Waals surface area contributed by atoms with Gasteiger partial charge in [0.2, 0.25) is 15.9 Å². The highest BCUT2D eigenvalue weighted by Gasteiger charge is 2.39. The number of alkyl halides is 3. The third-order valence-corrected chi connectivity index (χ3v) is 10.5. The lowest BCUT2D eigenvalue weighted by Gasteiger charge is -2.40. The van der Waals surface area contributed by atoms with Crippen LogP contribution in [0.15, 0.2) is 59.5 Å². The number of halogens is 3. The number of rotatable bonds is 10. The molecule has 1 heterocycles. The van der Waals surface area contributed by atoms with Crippen LogP contribution in [0.25, 0.3) is 0 Å². The van der Waals surface area contributed by atoms with Gasteiger partial charge in [0.1, 0.15) is 0 Å². The molecule has 6 nitrogen and oxygen atoms in total. The summed E-state index contributed by atoms with van der Waals surface area (Å²) in [6.07, 6.45) is 2.86. The lowest BCUT2D eigenvalue weighted by atomic mass is 9.89. The minimum atomic E-state index is -4.64. The van der Waals surface area contributed by atoms with Crippen LogP contribution in [0.5, 0.6) is 0 Å². The molecule has 1 N–H and O–H groups in total. The van der Waals surface area contributed by atoms with Gasteiger partial charge in [-0.05, 0) is 82.2 Å². The molecule has 1 amide bonds. The van der Waals surface area contributed by atoms with Crippen molar-refractivity contribution < 1.29 is 26.4 Å². The summed E-state index contributed by atoms with van der Waals surface area (Å²) >= 11 is 0. The lowest BCUT2D eigenvalue weighted by Crippen LogP contribution is -2.55. The molecule has 1 aliphatic carbocycles. The Morgan fingerprint density at radius 2 is 1.63 bits per heavy atom. The van der Waals surface area contributed by atoms with E-state index in [1.54, 1.807) is 13.8 Å². The van der Waals surface area contributed by atoms with E-state index in [4.69, 9.17) is 0 Å². The number of hydrogen-bond acceptors (Lipinski definition) is 4. The van der Waals surface area contributed by atoms with Crippen molar-refractivity contribution in [3.63, 3.8) is 0 Å². The summed E-state index contributed by atoms with van der Waals surface area (Å²) in [7, 11) is -4.18. The number of nitrogens with zero attached hydrogens (tertiary/aromatic N) is 2. The monoisotopic (exact) mass is 593 g/mol. The van der Waals surface area contributed by atoms with Gasteiger partial charge in [-0.2, -0.15) is 17.5 Å². The van der Waals surface area contributed by atoms with Crippen molar-refractivity contribution in [2.24, 2.45) is 5.92 Å². The van der Waals surface area contributed by atoms with Crippen LogP contribution >= 0.6 is 0 Å². The number of amides is 1. The van der Waals surface area contributed by atoms with Crippen molar-refractivity contribution in [1.82, 2.24) is 14.5 Å². The van der Waals surface area contributed by atoms with Gasteiger partial charge in [-0.1, -0.05) is 55.7 Å². The highest BCUT2D eigenvalue weighted by atomic mass is 32.2. The Bertz CT molecular complexity index is 1240. The van der Waals surface area contributed by atoms with E-state index in [0.29, 0.717) is 44.3 Å². The Labute approximate surface area is 242 Å². The van der Waals surface area contributed by atoms with Crippen molar-refractivity contribution in [2.75, 3.05) is 19.6 Å². The second kappa shape index (κ2) is 13.7. The van der Waals surface area contributed by atoms with Crippen LogP contribution in [0, 0.1) is 5.92 Å². The minimum Gasteiger partial charge on any atom is -0.341 e. The average molecular weight is 594 g/mol. The Morgan fingerprint density at radius 1 is 0.976 bits per heavy atom. The quantitative estimate of drug-likeness (QED) is 0.374. The molecule has 10 heteroatoms. The number of piperidine rings is 1. The first kappa shape index (κ1) is 31.5. The maximum atomic E-state index is 13.8. The lowest BCUT2D eigenvalue weighted by molar-refractivity contribution is -0.137. The predicted molar refractivity (Wildman–Crippen MR) is 154 cm³/mol. The molecule has 226 valence electrons. The van der Waals surface area contributed by atoms with E-state index < -0.39 is 33.8 Å². The van der Waals surface area contributed by atoms with Gasteiger partial charge in [0.05, 0.1) is 16.5 Å². The number of likely N-dealkylation sites (tertiary alicyclic amines) is 1. The van der Waals surface area contributed by atoms with Crippen molar-refractivity contribution >= 4 is 15.9 Å². The van der Waals surface area contributed by atoms with Gasteiger partial charge in [-0.3, -0.25) is 4.79 Å². The van der Waals surface area contributed by atoms with Crippen molar-refractivity contribution in [3.05, 3.63) is 65.7 Å². The second-order valence-electron chi connectivity index (χ2n) is 11.7. The van der Waals surface area contributed by atoms with Crippen LogP contribution in [0.4, 0.5) is 13.2 Å². The molecule has 1 saturated carbocycles. The molecule has 4 rings (SSSR count). The van der Waals surface area contributed by atoms with E-state index in [1.807, 2.05) is 35.2 Å². The Hall–Kier alpha value is -2.43. The molecule has 2 fully saturated rings. The first-order chi connectivity index (χ1) is 19.5. The molecule has 0 aromatic heterocycles. The molecule has 1 atom stereocenters. The van der Waals surface area contributed by atoms with E-state index in [0.717, 1.165) is 24.2 Å². The van der Waals surface area contributed by atoms with E-state index in [9.17, 15) is 26.4 Å². The van der Waals surface area contributed by atoms with Crippen molar-refractivity contribution in [3.8, 4) is 0 Å². The van der Waals surface area contributed by atoms with Gasteiger partial charge in [0, 0.05) is 25.2 Å². The molecule has 2 aromatic carbocycles. The molecule has 0 bridgehead atoms. The number of sulfonamides is 1. The average Bonchev–Trinajstić information content (AvgIpc) is 2.96. The molecule has 1 saturated heterocycles. The van der Waals surface area contributed by atoms with E-state index >= 15 is 0 Å². The summed E-state index contributed by atoms with van der Waals surface area (Å²) in [5.74, 6) is 0.584. The molecule has 2 aromatic rings. The number of carbonyl (C=O) groups excluding carboxylic acids is 1. The Kier molecular flexibility index (Phi) is 10.5. The van der Waals surface area contributed by atoms with Crippen molar-refractivity contribution in [2.45, 2.75) is 94.4 Å². The van der Waals surface area contributed by atoms with Crippen LogP contribution in [0.3, 0.4) is 0 Å². The summed E-state index contributed by atoms with van der Waals surface area (Å²) in [6.45, 7) is 5.04. The molecular weight excluding hydrogens is 551 g/mol. The Morgan fingerprint density at radius 3 is 2.24 bits per heavy atom. The molecule has 1 unspecified atom stereocenters. The first-order valence-electron chi connectivity index (χ1n) is 14.7. The van der Waals surface area contributed by atoms with Crippen LogP contribution in [0.1, 0.15) is 69.9 Å². The number of hydrogen-bond donors (Lipinski definition) is 1. The highest BCUT2D eigenvalue weighted by molar-refractivity contribution is 7.89. The summed E-state index contributed by atoms with van der Waals surface area (Å²) in [5.41, 5.74) is 0.0860. The third-order valence-electron chi connectivity index (χ3n) is 8.34. The number of carbonyl (C=O) groups is 1. The van der Waals surface area contributed by atoms with Gasteiger partial charge in [-0.25, -0.2) is 8.42 Å². The zero-order chi connectivity index (χ0) is 29.6. The van der Waals surface area contributed by atoms with E-state index in [2.05, 4.69) is 5.32 Å². The fourth-order valence-corrected chi connectivity index (χ4v) is 8.14. The first-order valence-corrected chi connectivity index (χ1v) is 16.2. The standard InChI is InChI=1S/C31H42F3N3O3S/c1-23(2)37(41(39,40)28-15-9-14-26(21-28)31(32,33)34)27-16-18-36(19-17-27)30(38)29(20-24-10-5-3-6-11-24)35-22-25-12-7-4-8-13-25/h3,5-6,9-11,14-15,21,23,25,27,29,35H,4,7-8,12-13,16-20,22H2,1-2H3. The summed E-state index contributed by atoms with van der Waals surface area (Å²) in [5, 5.41) is 3.56. The normalized spacial score (nSPS) is 18.7. The molecule has 1 aliphatic heterocycles. The van der Waals surface area contributed by atoms with Gasteiger partial charge >= 0.3 is 6.18 Å². The Balaban J connectivity index is 1.45. The fourth-order valence-electron chi connectivity index (χ4n) is 6.21. The minimum absolute atomic E-state index is 0.0138. The molecule has 41 heavy (non-hydrogen) atoms. The molecule has 2 aliphatic rings. The summed E-state index contributed by atoms with van der Waals surface area (Å²) in [4.78, 5) is 15.2. The molecular formula is C31H42F3N3O3S. The number of nitrogens with one attached hydrogen (secondary N) is 1. The maximum absolute atomic E-state index is 13.8. The smallest absolute Gasteiger partial charge is 0.341 e. The summed E-state index contributed by atoms with van der Waals surface area (Å²) < 4.78 is 68.4. The van der Waals surface area contributed by atoms with Gasteiger partial charge in [0.25, 0.3) is 0 Å². The van der Waals surface area contributed by atoms with Gasteiger partial charge in [-0.15, -0.1) is 0 Å². The number of benzene rings is 2. The van der Waals surface area contributed by atoms with E-state index in [1.165, 1.54) is 42.5 Å². The van der Waals surface area contributed by atoms with Crippen LogP contribution in [0.2, 0.25) is 0 Å². The largest absolute Gasteiger partial charge is 0.416 e.